The van der Waals surface area contributed by atoms with E-state index in [2.05, 4.69) is 37.7 Å². The molecule has 0 radical (unpaired) electrons. The third-order valence-electron chi connectivity index (χ3n) is 3.53. The van der Waals surface area contributed by atoms with Crippen molar-refractivity contribution in [1.82, 2.24) is 5.32 Å². The molecule has 0 fully saturated rings. The molecular formula is C14H29NO2. The van der Waals surface area contributed by atoms with Gasteiger partial charge >= 0.3 is 6.09 Å². The first kappa shape index (κ1) is 16.3. The van der Waals surface area contributed by atoms with Crippen LogP contribution in [0.15, 0.2) is 0 Å². The van der Waals surface area contributed by atoms with Gasteiger partial charge in [-0.05, 0) is 18.3 Å². The average molecular weight is 243 g/mol. The summed E-state index contributed by atoms with van der Waals surface area (Å²) in [6.45, 7) is 8.83. The zero-order chi connectivity index (χ0) is 13.3. The van der Waals surface area contributed by atoms with Gasteiger partial charge in [0.15, 0.2) is 0 Å². The molecular weight excluding hydrogens is 214 g/mol. The van der Waals surface area contributed by atoms with Crippen LogP contribution in [-0.2, 0) is 4.74 Å². The van der Waals surface area contributed by atoms with Crippen molar-refractivity contribution >= 4 is 6.09 Å². The maximum atomic E-state index is 11.3. The summed E-state index contributed by atoms with van der Waals surface area (Å²) in [4.78, 5) is 11.3. The second-order valence-electron chi connectivity index (χ2n) is 5.11. The zero-order valence-electron chi connectivity index (χ0n) is 12.1. The number of hydrogen-bond donors (Lipinski definition) is 1. The van der Waals surface area contributed by atoms with Gasteiger partial charge in [-0.1, -0.05) is 53.4 Å². The second kappa shape index (κ2) is 9.32. The molecule has 0 aromatic carbocycles. The van der Waals surface area contributed by atoms with E-state index in [1.807, 2.05) is 0 Å². The van der Waals surface area contributed by atoms with Gasteiger partial charge in [-0.15, -0.1) is 0 Å². The largest absolute Gasteiger partial charge is 0.453 e. The smallest absolute Gasteiger partial charge is 0.407 e. The first-order chi connectivity index (χ1) is 8.04. The number of nitrogens with one attached hydrogen (secondary N) is 1. The van der Waals surface area contributed by atoms with Crippen LogP contribution in [0.4, 0.5) is 4.79 Å². The lowest BCUT2D eigenvalue weighted by Gasteiger charge is -2.26. The van der Waals surface area contributed by atoms with Gasteiger partial charge in [-0.25, -0.2) is 4.79 Å². The van der Waals surface area contributed by atoms with Crippen molar-refractivity contribution in [1.29, 1.82) is 0 Å². The number of carbonyl (C=O) groups is 1. The molecule has 0 aliphatic rings. The van der Waals surface area contributed by atoms with Crippen LogP contribution in [0.2, 0.25) is 0 Å². The molecule has 0 aliphatic heterocycles. The Hall–Kier alpha value is -0.730. The van der Waals surface area contributed by atoms with Crippen molar-refractivity contribution in [3.63, 3.8) is 0 Å². The third-order valence-corrected chi connectivity index (χ3v) is 3.53. The Morgan fingerprint density at radius 1 is 1.29 bits per heavy atom. The molecule has 0 aromatic rings. The highest BCUT2D eigenvalue weighted by Crippen LogP contribution is 2.20. The van der Waals surface area contributed by atoms with Crippen LogP contribution in [0, 0.1) is 11.8 Å². The molecule has 0 aliphatic carbocycles. The summed E-state index contributed by atoms with van der Waals surface area (Å²) in [6, 6.07) is 0.235. The number of carbonyl (C=O) groups excluding carboxylic acids is 1. The topological polar surface area (TPSA) is 38.3 Å². The van der Waals surface area contributed by atoms with Crippen molar-refractivity contribution in [2.45, 2.75) is 65.8 Å². The van der Waals surface area contributed by atoms with Crippen LogP contribution in [0.25, 0.3) is 0 Å². The van der Waals surface area contributed by atoms with Gasteiger partial charge in [0.25, 0.3) is 0 Å². The van der Waals surface area contributed by atoms with Gasteiger partial charge in [-0.2, -0.15) is 0 Å². The number of methoxy groups -OCH3 is 1. The monoisotopic (exact) mass is 243 g/mol. The number of hydrogen-bond acceptors (Lipinski definition) is 2. The maximum Gasteiger partial charge on any atom is 0.407 e. The molecule has 0 bridgehead atoms. The fraction of sp³-hybridized carbons (Fsp3) is 0.929. The van der Waals surface area contributed by atoms with Gasteiger partial charge in [0.2, 0.25) is 0 Å². The number of rotatable bonds is 8. The SMILES string of the molecule is CCCCC(C)CC(NC(=O)OC)C(C)CC. The molecule has 1 amide bonds. The van der Waals surface area contributed by atoms with Crippen LogP contribution in [-0.4, -0.2) is 19.2 Å². The molecule has 17 heavy (non-hydrogen) atoms. The second-order valence-corrected chi connectivity index (χ2v) is 5.11. The van der Waals surface area contributed by atoms with E-state index in [9.17, 15) is 4.79 Å². The lowest BCUT2D eigenvalue weighted by Crippen LogP contribution is -2.40. The van der Waals surface area contributed by atoms with E-state index in [0.29, 0.717) is 11.8 Å². The van der Waals surface area contributed by atoms with Gasteiger partial charge in [0.1, 0.15) is 0 Å². The van der Waals surface area contributed by atoms with E-state index in [1.54, 1.807) is 0 Å². The summed E-state index contributed by atoms with van der Waals surface area (Å²) in [6.07, 6.45) is 5.57. The molecule has 0 saturated carbocycles. The third kappa shape index (κ3) is 7.24. The van der Waals surface area contributed by atoms with E-state index >= 15 is 0 Å². The fourth-order valence-corrected chi connectivity index (χ4v) is 2.03. The Kier molecular flexibility index (Phi) is 8.92. The van der Waals surface area contributed by atoms with Crippen LogP contribution < -0.4 is 5.32 Å². The summed E-state index contributed by atoms with van der Waals surface area (Å²) in [5, 5.41) is 2.96. The van der Waals surface area contributed by atoms with Gasteiger partial charge in [0.05, 0.1) is 7.11 Å². The van der Waals surface area contributed by atoms with Crippen molar-refractivity contribution in [3.05, 3.63) is 0 Å². The molecule has 0 rings (SSSR count). The lowest BCUT2D eigenvalue weighted by atomic mass is 9.88. The summed E-state index contributed by atoms with van der Waals surface area (Å²) < 4.78 is 4.69. The summed E-state index contributed by atoms with van der Waals surface area (Å²) in [5.41, 5.74) is 0. The molecule has 1 N–H and O–H groups in total. The van der Waals surface area contributed by atoms with E-state index in [4.69, 9.17) is 0 Å². The minimum Gasteiger partial charge on any atom is -0.453 e. The number of unbranched alkanes of at least 4 members (excludes halogenated alkanes) is 1. The number of ether oxygens (including phenoxy) is 1. The molecule has 3 atom stereocenters. The van der Waals surface area contributed by atoms with E-state index in [1.165, 1.54) is 26.4 Å². The Bertz CT molecular complexity index is 206. The average Bonchev–Trinajstić information content (AvgIpc) is 2.34. The van der Waals surface area contributed by atoms with Crippen LogP contribution in [0.5, 0.6) is 0 Å². The number of amides is 1. The minimum absolute atomic E-state index is 0.235. The zero-order valence-corrected chi connectivity index (χ0v) is 12.1. The normalized spacial score (nSPS) is 16.1. The molecule has 3 nitrogen and oxygen atoms in total. The molecule has 3 heteroatoms. The highest BCUT2D eigenvalue weighted by Gasteiger charge is 2.20. The predicted molar refractivity (Wildman–Crippen MR) is 72.1 cm³/mol. The Labute approximate surface area is 106 Å². The first-order valence-corrected chi connectivity index (χ1v) is 6.89. The lowest BCUT2D eigenvalue weighted by molar-refractivity contribution is 0.158. The standard InChI is InChI=1S/C14H29NO2/c1-6-8-9-11(3)10-13(12(4)7-2)15-14(16)17-5/h11-13H,6-10H2,1-5H3,(H,15,16). The summed E-state index contributed by atoms with van der Waals surface area (Å²) in [5.74, 6) is 1.16. The fourth-order valence-electron chi connectivity index (χ4n) is 2.03. The molecule has 0 spiro atoms. The minimum atomic E-state index is -0.307. The predicted octanol–water partition coefficient (Wildman–Crippen LogP) is 3.97. The van der Waals surface area contributed by atoms with Crippen LogP contribution >= 0.6 is 0 Å². The van der Waals surface area contributed by atoms with Gasteiger partial charge < -0.3 is 10.1 Å². The first-order valence-electron chi connectivity index (χ1n) is 6.89. The molecule has 102 valence electrons. The van der Waals surface area contributed by atoms with E-state index in [-0.39, 0.29) is 12.1 Å². The highest BCUT2D eigenvalue weighted by molar-refractivity contribution is 5.67. The molecule has 0 saturated heterocycles. The Morgan fingerprint density at radius 2 is 1.94 bits per heavy atom. The maximum absolute atomic E-state index is 11.3. The molecule has 3 unspecified atom stereocenters. The van der Waals surface area contributed by atoms with Crippen LogP contribution in [0.1, 0.15) is 59.8 Å². The van der Waals surface area contributed by atoms with Crippen molar-refractivity contribution in [2.24, 2.45) is 11.8 Å². The van der Waals surface area contributed by atoms with E-state index in [0.717, 1.165) is 12.8 Å². The highest BCUT2D eigenvalue weighted by atomic mass is 16.5. The molecule has 0 heterocycles. The van der Waals surface area contributed by atoms with Gasteiger partial charge in [0, 0.05) is 6.04 Å². The van der Waals surface area contributed by atoms with Gasteiger partial charge in [-0.3, -0.25) is 0 Å². The van der Waals surface area contributed by atoms with E-state index < -0.39 is 0 Å². The Morgan fingerprint density at radius 3 is 2.41 bits per heavy atom. The summed E-state index contributed by atoms with van der Waals surface area (Å²) in [7, 11) is 1.42. The van der Waals surface area contributed by atoms with Crippen molar-refractivity contribution in [3.8, 4) is 0 Å². The van der Waals surface area contributed by atoms with Crippen molar-refractivity contribution < 1.29 is 9.53 Å². The number of alkyl carbamates (subject to hydrolysis) is 1. The Balaban J connectivity index is 4.22. The molecule has 0 aromatic heterocycles. The quantitative estimate of drug-likeness (QED) is 0.700. The summed E-state index contributed by atoms with van der Waals surface area (Å²) >= 11 is 0. The van der Waals surface area contributed by atoms with Crippen LogP contribution in [0.3, 0.4) is 0 Å². The van der Waals surface area contributed by atoms with Crippen molar-refractivity contribution in [2.75, 3.05) is 7.11 Å².